The van der Waals surface area contributed by atoms with Crippen LogP contribution in [0, 0.1) is 0 Å². The Morgan fingerprint density at radius 3 is 1.89 bits per heavy atom. The molecule has 196 valence electrons. The number of hydrogen-bond acceptors (Lipinski definition) is 5. The molecule has 0 radical (unpaired) electrons. The molecule has 0 spiro atoms. The summed E-state index contributed by atoms with van der Waals surface area (Å²) >= 11 is 35.8. The summed E-state index contributed by atoms with van der Waals surface area (Å²) in [5.41, 5.74) is 3.66. The van der Waals surface area contributed by atoms with E-state index < -0.39 is 0 Å². The number of fused-ring (bicyclic) bond motifs is 2. The summed E-state index contributed by atoms with van der Waals surface area (Å²) in [5, 5.41) is 8.21. The Balaban J connectivity index is 0.000000211. The highest BCUT2D eigenvalue weighted by molar-refractivity contribution is 8.06. The first-order valence-electron chi connectivity index (χ1n) is 11.0. The van der Waals surface area contributed by atoms with Gasteiger partial charge in [0.1, 0.15) is 5.75 Å². The van der Waals surface area contributed by atoms with E-state index >= 15 is 0 Å². The molecule has 0 saturated carbocycles. The molecule has 10 heteroatoms. The van der Waals surface area contributed by atoms with Gasteiger partial charge < -0.3 is 10.1 Å². The van der Waals surface area contributed by atoms with Crippen molar-refractivity contribution >= 4 is 132 Å². The van der Waals surface area contributed by atoms with Crippen molar-refractivity contribution in [2.45, 2.75) is 0 Å². The maximum Gasteiger partial charge on any atom is 0.177 e. The van der Waals surface area contributed by atoms with E-state index in [1.54, 1.807) is 0 Å². The molecule has 0 atom stereocenters. The predicted octanol–water partition coefficient (Wildman–Crippen LogP) is 11.1. The van der Waals surface area contributed by atoms with Crippen molar-refractivity contribution in [2.24, 2.45) is 0 Å². The molecule has 0 bridgehead atoms. The minimum absolute atomic E-state index is 0.470. The van der Waals surface area contributed by atoms with Gasteiger partial charge in [0.2, 0.25) is 0 Å². The first-order chi connectivity index (χ1) is 18.4. The van der Waals surface area contributed by atoms with E-state index in [4.69, 9.17) is 75.6 Å². The second-order valence-electron chi connectivity index (χ2n) is 7.43. The number of rotatable bonds is 8. The fourth-order valence-corrected chi connectivity index (χ4v) is 5.32. The smallest absolute Gasteiger partial charge is 0.177 e. The van der Waals surface area contributed by atoms with E-state index in [0.717, 1.165) is 32.6 Å². The van der Waals surface area contributed by atoms with Crippen LogP contribution in [0.3, 0.4) is 0 Å². The van der Waals surface area contributed by atoms with Gasteiger partial charge in [-0.05, 0) is 35.1 Å². The molecule has 4 aromatic carbocycles. The number of thiocarbonyl (C=S) groups is 2. The number of ether oxygens (including phenoxy) is 1. The fraction of sp³-hybridized carbons (Fsp3) is 0.0714. The molecule has 0 aromatic heterocycles. The summed E-state index contributed by atoms with van der Waals surface area (Å²) in [6, 6.07) is 28.2. The van der Waals surface area contributed by atoms with E-state index in [1.807, 2.05) is 66.7 Å². The zero-order chi connectivity index (χ0) is 27.3. The van der Waals surface area contributed by atoms with Gasteiger partial charge in [-0.1, -0.05) is 131 Å². The molecule has 0 unspecified atom stereocenters. The lowest BCUT2D eigenvalue weighted by atomic mass is 10.1. The molecule has 0 aliphatic rings. The van der Waals surface area contributed by atoms with Gasteiger partial charge in [-0.3, -0.25) is 0 Å². The molecule has 0 fully saturated rings. The Labute approximate surface area is 261 Å². The third kappa shape index (κ3) is 9.92. The van der Waals surface area contributed by atoms with Crippen LogP contribution >= 0.6 is 94.4 Å². The van der Waals surface area contributed by atoms with Gasteiger partial charge in [-0.15, -0.1) is 23.5 Å². The summed E-state index contributed by atoms with van der Waals surface area (Å²) in [7, 11) is 0. The third-order valence-corrected chi connectivity index (χ3v) is 9.14. The largest absolute Gasteiger partial charge is 0.449 e. The van der Waals surface area contributed by atoms with Crippen LogP contribution < -0.4 is 10.1 Å². The molecule has 0 heterocycles. The first-order valence-corrected chi connectivity index (χ1v) is 15.5. The van der Waals surface area contributed by atoms with E-state index in [0.29, 0.717) is 25.3 Å². The van der Waals surface area contributed by atoms with Crippen molar-refractivity contribution in [3.05, 3.63) is 105 Å². The summed E-state index contributed by atoms with van der Waals surface area (Å²) < 4.78 is 6.73. The van der Waals surface area contributed by atoms with Gasteiger partial charge in [0, 0.05) is 33.3 Å². The predicted molar refractivity (Wildman–Crippen MR) is 182 cm³/mol. The number of halogens is 4. The van der Waals surface area contributed by atoms with E-state index in [2.05, 4.69) is 23.5 Å². The zero-order valence-electron chi connectivity index (χ0n) is 19.7. The lowest BCUT2D eigenvalue weighted by Gasteiger charge is -2.10. The molecule has 0 amide bonds. The maximum absolute atomic E-state index is 5.81. The average Bonchev–Trinajstić information content (AvgIpc) is 2.95. The van der Waals surface area contributed by atoms with Crippen molar-refractivity contribution in [3.63, 3.8) is 0 Å². The van der Waals surface area contributed by atoms with Crippen molar-refractivity contribution in [1.29, 1.82) is 0 Å². The van der Waals surface area contributed by atoms with Gasteiger partial charge in [-0.2, -0.15) is 0 Å². The minimum atomic E-state index is 0.470. The van der Waals surface area contributed by atoms with Gasteiger partial charge >= 0.3 is 0 Å². The zero-order valence-corrected chi connectivity index (χ0v) is 26.0. The lowest BCUT2D eigenvalue weighted by Crippen LogP contribution is -2.11. The minimum Gasteiger partial charge on any atom is -0.449 e. The van der Waals surface area contributed by atoms with Crippen molar-refractivity contribution in [1.82, 2.24) is 0 Å². The van der Waals surface area contributed by atoms with Crippen molar-refractivity contribution in [2.75, 3.05) is 16.8 Å². The van der Waals surface area contributed by atoms with Crippen molar-refractivity contribution in [3.8, 4) is 5.75 Å². The number of hydrogen-bond donors (Lipinski definition) is 1. The van der Waals surface area contributed by atoms with Gasteiger partial charge in [0.15, 0.2) is 5.05 Å². The molecule has 4 rings (SSSR count). The van der Waals surface area contributed by atoms with Gasteiger partial charge in [-0.25, -0.2) is 0 Å². The molecule has 2 nitrogen and oxygen atoms in total. The standard InChI is InChI=1S/C14H11Cl2NS2.C14H10Cl2OS2/c2*15-8-13(16)19-9-14(18)17-12-7-3-5-10-4-1-2-6-11(10)12/h1-8H,9H2,(H,17,18);1-8H,9H2/b2*13-8+. The molecule has 0 aliphatic heterocycles. The van der Waals surface area contributed by atoms with Crippen LogP contribution in [0.25, 0.3) is 21.5 Å². The highest BCUT2D eigenvalue weighted by Gasteiger charge is 2.06. The molecule has 0 saturated heterocycles. The summed E-state index contributed by atoms with van der Waals surface area (Å²) in [6.07, 6.45) is 0. The SMILES string of the molecule is S=C(CS/C(Cl)=C/Cl)Nc1cccc2ccccc12.S=C(CS/C(Cl)=C/Cl)Oc1cccc2ccccc12. The first kappa shape index (κ1) is 31.1. The molecular weight excluding hydrogens is 636 g/mol. The van der Waals surface area contributed by atoms with Crippen LogP contribution in [0.2, 0.25) is 0 Å². The van der Waals surface area contributed by atoms with Crippen molar-refractivity contribution < 1.29 is 4.74 Å². The number of anilines is 1. The fourth-order valence-electron chi connectivity index (χ4n) is 3.28. The Bertz CT molecular complexity index is 1350. The number of benzene rings is 4. The van der Waals surface area contributed by atoms with Crippen LogP contribution in [0.15, 0.2) is 105 Å². The maximum atomic E-state index is 5.81. The molecule has 1 N–H and O–H groups in total. The quantitative estimate of drug-likeness (QED) is 0.189. The molecule has 0 aliphatic carbocycles. The number of nitrogens with one attached hydrogen (secondary N) is 1. The van der Waals surface area contributed by atoms with Crippen LogP contribution in [-0.2, 0) is 0 Å². The van der Waals surface area contributed by atoms with Crippen LogP contribution in [-0.4, -0.2) is 21.5 Å². The van der Waals surface area contributed by atoms with Crippen LogP contribution in [0.1, 0.15) is 0 Å². The summed E-state index contributed by atoms with van der Waals surface area (Å²) in [5.74, 6) is 1.84. The normalized spacial score (nSPS) is 11.6. The summed E-state index contributed by atoms with van der Waals surface area (Å²) in [4.78, 5) is 0.720. The highest BCUT2D eigenvalue weighted by atomic mass is 35.5. The topological polar surface area (TPSA) is 21.3 Å². The second kappa shape index (κ2) is 16.6. The summed E-state index contributed by atoms with van der Waals surface area (Å²) in [6.45, 7) is 0. The average molecular weight is 658 g/mol. The Hall–Kier alpha value is -1.48. The molecule has 38 heavy (non-hydrogen) atoms. The lowest BCUT2D eigenvalue weighted by molar-refractivity contribution is 0.569. The molecular formula is C28H21Cl4NOS4. The molecule has 4 aromatic rings. The van der Waals surface area contributed by atoms with Crippen LogP contribution in [0.4, 0.5) is 5.69 Å². The van der Waals surface area contributed by atoms with E-state index in [9.17, 15) is 0 Å². The second-order valence-corrected chi connectivity index (χ2v) is 12.1. The van der Waals surface area contributed by atoms with E-state index in [-0.39, 0.29) is 0 Å². The third-order valence-electron chi connectivity index (χ3n) is 4.88. The van der Waals surface area contributed by atoms with Gasteiger partial charge in [0.05, 0.1) is 19.5 Å². The highest BCUT2D eigenvalue weighted by Crippen LogP contribution is 2.27. The van der Waals surface area contributed by atoms with E-state index in [1.165, 1.54) is 40.0 Å². The Morgan fingerprint density at radius 2 is 1.24 bits per heavy atom. The Kier molecular flexibility index (Phi) is 13.6. The Morgan fingerprint density at radius 1 is 0.711 bits per heavy atom. The van der Waals surface area contributed by atoms with Gasteiger partial charge in [0.25, 0.3) is 0 Å². The van der Waals surface area contributed by atoms with Crippen LogP contribution in [0.5, 0.6) is 5.75 Å². The monoisotopic (exact) mass is 655 g/mol. The number of thioether (sulfide) groups is 2.